The van der Waals surface area contributed by atoms with E-state index in [1.54, 1.807) is 12.4 Å². The van der Waals surface area contributed by atoms with E-state index in [0.717, 1.165) is 48.4 Å². The minimum absolute atomic E-state index is 0.146. The number of aliphatic hydroxyl groups excluding tert-OH is 1. The molecule has 0 aliphatic heterocycles. The molecule has 1 aliphatic rings. The number of aliphatic hydroxyl groups is 1. The zero-order valence-corrected chi connectivity index (χ0v) is 13.9. The molecule has 6 heteroatoms. The van der Waals surface area contributed by atoms with Gasteiger partial charge >= 0.3 is 0 Å². The quantitative estimate of drug-likeness (QED) is 0.766. The van der Waals surface area contributed by atoms with Gasteiger partial charge in [0, 0.05) is 18.4 Å². The predicted molar refractivity (Wildman–Crippen MR) is 98.0 cm³/mol. The number of pyridine rings is 1. The van der Waals surface area contributed by atoms with Crippen LogP contribution in [-0.4, -0.2) is 36.8 Å². The summed E-state index contributed by atoms with van der Waals surface area (Å²) in [6.07, 6.45) is 12.9. The van der Waals surface area contributed by atoms with Gasteiger partial charge in [-0.15, -0.1) is 5.10 Å². The molecule has 1 saturated carbocycles. The van der Waals surface area contributed by atoms with Crippen LogP contribution in [0.2, 0.25) is 0 Å². The number of rotatable bonds is 4. The fourth-order valence-corrected chi connectivity index (χ4v) is 3.17. The first-order valence-corrected chi connectivity index (χ1v) is 8.65. The molecular weight excluding hydrogens is 314 g/mol. The van der Waals surface area contributed by atoms with Gasteiger partial charge in [0.25, 0.3) is 0 Å². The Balaban J connectivity index is 1.54. The van der Waals surface area contributed by atoms with Crippen LogP contribution in [0.1, 0.15) is 36.9 Å². The molecule has 1 fully saturated rings. The highest BCUT2D eigenvalue weighted by molar-refractivity contribution is 5.69. The molecule has 0 radical (unpaired) electrons. The van der Waals surface area contributed by atoms with Gasteiger partial charge in [-0.25, -0.2) is 9.50 Å². The third kappa shape index (κ3) is 3.69. The van der Waals surface area contributed by atoms with Crippen LogP contribution < -0.4 is 5.32 Å². The van der Waals surface area contributed by atoms with Crippen molar-refractivity contribution in [3.8, 4) is 0 Å². The monoisotopic (exact) mass is 335 g/mol. The zero-order valence-electron chi connectivity index (χ0n) is 13.9. The molecule has 0 spiro atoms. The second-order valence-electron chi connectivity index (χ2n) is 6.44. The molecule has 3 aromatic rings. The van der Waals surface area contributed by atoms with Crippen molar-refractivity contribution in [1.82, 2.24) is 19.6 Å². The number of hydrogen-bond acceptors (Lipinski definition) is 5. The molecule has 0 aromatic carbocycles. The van der Waals surface area contributed by atoms with Gasteiger partial charge in [0.1, 0.15) is 5.82 Å². The Morgan fingerprint density at radius 2 is 1.84 bits per heavy atom. The number of hydrogen-bond donors (Lipinski definition) is 2. The van der Waals surface area contributed by atoms with Crippen molar-refractivity contribution in [2.75, 3.05) is 5.32 Å². The molecule has 4 rings (SSSR count). The molecule has 1 aliphatic carbocycles. The van der Waals surface area contributed by atoms with Crippen LogP contribution in [0.3, 0.4) is 0 Å². The number of fused-ring (bicyclic) bond motifs is 1. The molecule has 0 atom stereocenters. The third-order valence-electron chi connectivity index (χ3n) is 4.59. The van der Waals surface area contributed by atoms with Gasteiger partial charge in [-0.1, -0.05) is 6.08 Å². The Bertz CT molecular complexity index is 866. The van der Waals surface area contributed by atoms with E-state index in [0.29, 0.717) is 6.04 Å². The maximum absolute atomic E-state index is 9.63. The third-order valence-corrected chi connectivity index (χ3v) is 4.59. The van der Waals surface area contributed by atoms with Gasteiger partial charge in [-0.2, -0.15) is 0 Å². The van der Waals surface area contributed by atoms with Crippen molar-refractivity contribution in [3.05, 3.63) is 54.1 Å². The molecule has 0 saturated heterocycles. The SMILES string of the molecule is OC1CCC(Nc2ccc3ncc(/C=C/c4ccncc4)n3n2)CC1. The fourth-order valence-electron chi connectivity index (χ4n) is 3.17. The van der Waals surface area contributed by atoms with E-state index in [-0.39, 0.29) is 6.10 Å². The highest BCUT2D eigenvalue weighted by atomic mass is 16.3. The highest BCUT2D eigenvalue weighted by Crippen LogP contribution is 2.21. The smallest absolute Gasteiger partial charge is 0.154 e. The molecule has 2 N–H and O–H groups in total. The zero-order chi connectivity index (χ0) is 17.1. The Morgan fingerprint density at radius 3 is 2.64 bits per heavy atom. The summed E-state index contributed by atoms with van der Waals surface area (Å²) in [5.41, 5.74) is 2.83. The number of imidazole rings is 1. The van der Waals surface area contributed by atoms with Crippen molar-refractivity contribution >= 4 is 23.6 Å². The lowest BCUT2D eigenvalue weighted by Gasteiger charge is -2.26. The topological polar surface area (TPSA) is 75.3 Å². The van der Waals surface area contributed by atoms with E-state index >= 15 is 0 Å². The standard InChI is InChI=1S/C19H21N5O/c25-17-5-2-15(3-6-17)22-18-7-8-19-21-13-16(24(19)23-18)4-1-14-9-11-20-12-10-14/h1,4,7-13,15,17,25H,2-3,5-6H2,(H,22,23)/b4-1+. The van der Waals surface area contributed by atoms with Crippen LogP contribution >= 0.6 is 0 Å². The summed E-state index contributed by atoms with van der Waals surface area (Å²) in [5, 5.41) is 17.8. The van der Waals surface area contributed by atoms with Crippen molar-refractivity contribution in [3.63, 3.8) is 0 Å². The van der Waals surface area contributed by atoms with Crippen LogP contribution in [0.25, 0.3) is 17.8 Å². The van der Waals surface area contributed by atoms with Crippen molar-refractivity contribution in [2.24, 2.45) is 0 Å². The minimum atomic E-state index is -0.146. The molecule has 6 nitrogen and oxygen atoms in total. The van der Waals surface area contributed by atoms with Crippen LogP contribution in [0.4, 0.5) is 5.82 Å². The predicted octanol–water partition coefficient (Wildman–Crippen LogP) is 3.01. The van der Waals surface area contributed by atoms with Gasteiger partial charge in [-0.05, 0) is 61.6 Å². The first-order valence-electron chi connectivity index (χ1n) is 8.65. The summed E-state index contributed by atoms with van der Waals surface area (Å²) >= 11 is 0. The summed E-state index contributed by atoms with van der Waals surface area (Å²) in [5.74, 6) is 0.838. The van der Waals surface area contributed by atoms with Gasteiger partial charge in [0.05, 0.1) is 18.0 Å². The Kier molecular flexibility index (Phi) is 4.43. The summed E-state index contributed by atoms with van der Waals surface area (Å²) in [6.45, 7) is 0. The Hall–Kier alpha value is -2.73. The van der Waals surface area contributed by atoms with Gasteiger partial charge < -0.3 is 10.4 Å². The molecule has 0 unspecified atom stereocenters. The maximum atomic E-state index is 9.63. The van der Waals surface area contributed by atoms with Gasteiger partial charge in [-0.3, -0.25) is 4.98 Å². The molecule has 25 heavy (non-hydrogen) atoms. The lowest BCUT2D eigenvalue weighted by Crippen LogP contribution is -2.28. The summed E-state index contributed by atoms with van der Waals surface area (Å²) in [6, 6.07) is 8.21. The van der Waals surface area contributed by atoms with Crippen molar-refractivity contribution in [1.29, 1.82) is 0 Å². The molecule has 0 amide bonds. The lowest BCUT2D eigenvalue weighted by atomic mass is 9.93. The van der Waals surface area contributed by atoms with Crippen molar-refractivity contribution < 1.29 is 5.11 Å². The lowest BCUT2D eigenvalue weighted by molar-refractivity contribution is 0.126. The van der Waals surface area contributed by atoms with Crippen LogP contribution in [0.15, 0.2) is 42.9 Å². The van der Waals surface area contributed by atoms with Gasteiger partial charge in [0.15, 0.2) is 5.65 Å². The number of aromatic nitrogens is 4. The number of nitrogens with zero attached hydrogens (tertiary/aromatic N) is 4. The maximum Gasteiger partial charge on any atom is 0.154 e. The van der Waals surface area contributed by atoms with E-state index in [9.17, 15) is 5.11 Å². The van der Waals surface area contributed by atoms with E-state index < -0.39 is 0 Å². The largest absolute Gasteiger partial charge is 0.393 e. The molecule has 3 heterocycles. The fraction of sp³-hybridized carbons (Fsp3) is 0.316. The molecular formula is C19H21N5O. The van der Waals surface area contributed by atoms with Crippen molar-refractivity contribution in [2.45, 2.75) is 37.8 Å². The Morgan fingerprint density at radius 1 is 1.04 bits per heavy atom. The van der Waals surface area contributed by atoms with E-state index in [1.807, 2.05) is 47.1 Å². The van der Waals surface area contributed by atoms with Crippen LogP contribution in [0.5, 0.6) is 0 Å². The average molecular weight is 335 g/mol. The summed E-state index contributed by atoms with van der Waals surface area (Å²) < 4.78 is 1.84. The Labute approximate surface area is 146 Å². The van der Waals surface area contributed by atoms with E-state index in [4.69, 9.17) is 0 Å². The highest BCUT2D eigenvalue weighted by Gasteiger charge is 2.19. The second-order valence-corrected chi connectivity index (χ2v) is 6.44. The number of anilines is 1. The van der Waals surface area contributed by atoms with E-state index in [1.165, 1.54) is 0 Å². The van der Waals surface area contributed by atoms with E-state index in [2.05, 4.69) is 20.4 Å². The second kappa shape index (κ2) is 7.03. The molecule has 128 valence electrons. The minimum Gasteiger partial charge on any atom is -0.393 e. The van der Waals surface area contributed by atoms with Crippen LogP contribution in [0, 0.1) is 0 Å². The summed E-state index contributed by atoms with van der Waals surface area (Å²) in [4.78, 5) is 8.43. The average Bonchev–Trinajstić information content (AvgIpc) is 3.05. The van der Waals surface area contributed by atoms with Gasteiger partial charge in [0.2, 0.25) is 0 Å². The first-order chi connectivity index (χ1) is 12.3. The summed E-state index contributed by atoms with van der Waals surface area (Å²) in [7, 11) is 0. The van der Waals surface area contributed by atoms with Crippen LogP contribution in [-0.2, 0) is 0 Å². The first kappa shape index (κ1) is 15.8. The number of nitrogens with one attached hydrogen (secondary N) is 1. The normalized spacial score (nSPS) is 21.0. The molecule has 3 aromatic heterocycles. The molecule has 0 bridgehead atoms.